The van der Waals surface area contributed by atoms with Crippen molar-refractivity contribution >= 4 is 15.9 Å². The van der Waals surface area contributed by atoms with Crippen LogP contribution in [0.4, 0.5) is 4.39 Å². The van der Waals surface area contributed by atoms with Crippen LogP contribution in [0.1, 0.15) is 6.92 Å². The van der Waals surface area contributed by atoms with Crippen molar-refractivity contribution in [1.82, 2.24) is 0 Å². The summed E-state index contributed by atoms with van der Waals surface area (Å²) in [5.41, 5.74) is 0. The first-order valence-corrected chi connectivity index (χ1v) is 4.16. The van der Waals surface area contributed by atoms with Crippen molar-refractivity contribution in [2.45, 2.75) is 6.92 Å². The Morgan fingerprint density at radius 3 is 2.67 bits per heavy atom. The Morgan fingerprint density at radius 1 is 1.50 bits per heavy atom. The summed E-state index contributed by atoms with van der Waals surface area (Å²) in [5, 5.41) is 0. The molecule has 0 aliphatic heterocycles. The maximum atomic E-state index is 12.7. The molecule has 0 heterocycles. The fourth-order valence-electron chi connectivity index (χ4n) is 0.789. The Bertz CT molecular complexity index is 289. The average Bonchev–Trinajstić information content (AvgIpc) is 1.81. The number of benzene rings is 1. The molecule has 1 rings (SSSR count). The van der Waals surface area contributed by atoms with Gasteiger partial charge in [0.15, 0.2) is 0 Å². The van der Waals surface area contributed by atoms with Crippen LogP contribution in [0.25, 0.3) is 0 Å². The van der Waals surface area contributed by atoms with E-state index in [1.165, 1.54) is 12.1 Å². The number of hydrogen-bond acceptors (Lipinski definition) is 1. The van der Waals surface area contributed by atoms with Crippen LogP contribution in [0.5, 0.6) is 5.75 Å². The zero-order valence-electron chi connectivity index (χ0n) is 6.60. The molecular weight excluding hydrogens is 223 g/mol. The molecule has 0 unspecified atom stereocenters. The van der Waals surface area contributed by atoms with E-state index in [9.17, 15) is 4.39 Å². The highest BCUT2D eigenvalue weighted by Gasteiger charge is 1.99. The summed E-state index contributed by atoms with van der Waals surface area (Å²) in [6.45, 7) is 5.26. The predicted octanol–water partition coefficient (Wildman–Crippen LogP) is 3.50. The topological polar surface area (TPSA) is 9.23 Å². The van der Waals surface area contributed by atoms with Crippen molar-refractivity contribution in [2.75, 3.05) is 0 Å². The molecule has 1 aromatic carbocycles. The number of ether oxygens (including phenoxy) is 1. The second kappa shape index (κ2) is 3.72. The summed E-state index contributed by atoms with van der Waals surface area (Å²) >= 11 is 3.15. The van der Waals surface area contributed by atoms with E-state index in [0.717, 1.165) is 0 Å². The van der Waals surface area contributed by atoms with Crippen LogP contribution in [0.3, 0.4) is 0 Å². The summed E-state index contributed by atoms with van der Waals surface area (Å²) < 4.78 is 18.5. The second-order valence-corrected chi connectivity index (χ2v) is 3.32. The Balaban J connectivity index is 2.93. The minimum atomic E-state index is -0.333. The maximum absolute atomic E-state index is 12.7. The summed E-state index contributed by atoms with van der Waals surface area (Å²) in [6, 6.07) is 4.35. The lowest BCUT2D eigenvalue weighted by Gasteiger charge is -2.04. The van der Waals surface area contributed by atoms with E-state index in [-0.39, 0.29) is 5.82 Å². The van der Waals surface area contributed by atoms with Gasteiger partial charge in [-0.1, -0.05) is 22.5 Å². The quantitative estimate of drug-likeness (QED) is 0.707. The van der Waals surface area contributed by atoms with Gasteiger partial charge < -0.3 is 4.74 Å². The smallest absolute Gasteiger partial charge is 0.130 e. The molecule has 0 fully saturated rings. The molecule has 12 heavy (non-hydrogen) atoms. The minimum Gasteiger partial charge on any atom is -0.463 e. The standard InChI is InChI=1S/C9H8BrFO/c1-6(2)12-9-4-7(10)3-8(11)5-9/h3-5H,1H2,2H3. The van der Waals surface area contributed by atoms with E-state index in [1.54, 1.807) is 13.0 Å². The van der Waals surface area contributed by atoms with Gasteiger partial charge in [-0.25, -0.2) is 4.39 Å². The van der Waals surface area contributed by atoms with Crippen LogP contribution < -0.4 is 4.74 Å². The van der Waals surface area contributed by atoms with Gasteiger partial charge in [-0.15, -0.1) is 0 Å². The first-order chi connectivity index (χ1) is 5.58. The molecule has 0 N–H and O–H groups in total. The summed E-state index contributed by atoms with van der Waals surface area (Å²) in [6.07, 6.45) is 0. The lowest BCUT2D eigenvalue weighted by molar-refractivity contribution is 0.426. The van der Waals surface area contributed by atoms with Gasteiger partial charge in [0, 0.05) is 10.5 Å². The molecule has 0 radical (unpaired) electrons. The highest BCUT2D eigenvalue weighted by atomic mass is 79.9. The van der Waals surface area contributed by atoms with E-state index in [1.807, 2.05) is 0 Å². The van der Waals surface area contributed by atoms with Crippen LogP contribution in [0.15, 0.2) is 35.0 Å². The zero-order valence-corrected chi connectivity index (χ0v) is 8.19. The summed E-state index contributed by atoms with van der Waals surface area (Å²) in [5.74, 6) is 0.655. The molecule has 0 bridgehead atoms. The number of allylic oxidation sites excluding steroid dienone is 1. The summed E-state index contributed by atoms with van der Waals surface area (Å²) in [7, 11) is 0. The predicted molar refractivity (Wildman–Crippen MR) is 49.5 cm³/mol. The Hall–Kier alpha value is -0.830. The fraction of sp³-hybridized carbons (Fsp3) is 0.111. The van der Waals surface area contributed by atoms with E-state index in [2.05, 4.69) is 22.5 Å². The van der Waals surface area contributed by atoms with Crippen LogP contribution in [-0.4, -0.2) is 0 Å². The molecule has 64 valence electrons. The van der Waals surface area contributed by atoms with Crippen molar-refractivity contribution < 1.29 is 9.13 Å². The first-order valence-electron chi connectivity index (χ1n) is 3.37. The van der Waals surface area contributed by atoms with Crippen molar-refractivity contribution in [3.05, 3.63) is 40.8 Å². The van der Waals surface area contributed by atoms with Gasteiger partial charge in [-0.3, -0.25) is 0 Å². The number of halogens is 2. The molecule has 0 saturated heterocycles. The molecular formula is C9H8BrFO. The average molecular weight is 231 g/mol. The van der Waals surface area contributed by atoms with Gasteiger partial charge in [-0.05, 0) is 19.1 Å². The zero-order chi connectivity index (χ0) is 9.14. The van der Waals surface area contributed by atoms with Crippen molar-refractivity contribution in [3.63, 3.8) is 0 Å². The Labute approximate surface area is 79.0 Å². The minimum absolute atomic E-state index is 0.333. The van der Waals surface area contributed by atoms with Gasteiger partial charge in [0.1, 0.15) is 11.6 Å². The molecule has 0 aromatic heterocycles. The van der Waals surface area contributed by atoms with E-state index in [0.29, 0.717) is 16.0 Å². The summed E-state index contributed by atoms with van der Waals surface area (Å²) in [4.78, 5) is 0. The van der Waals surface area contributed by atoms with Crippen LogP contribution >= 0.6 is 15.9 Å². The van der Waals surface area contributed by atoms with E-state index >= 15 is 0 Å². The lowest BCUT2D eigenvalue weighted by atomic mass is 10.3. The lowest BCUT2D eigenvalue weighted by Crippen LogP contribution is -1.89. The normalized spacial score (nSPS) is 9.58. The third-order valence-corrected chi connectivity index (χ3v) is 1.59. The Morgan fingerprint density at radius 2 is 2.17 bits per heavy atom. The largest absolute Gasteiger partial charge is 0.463 e. The molecule has 0 aliphatic carbocycles. The third-order valence-electron chi connectivity index (χ3n) is 1.13. The molecule has 0 amide bonds. The van der Waals surface area contributed by atoms with Crippen molar-refractivity contribution in [1.29, 1.82) is 0 Å². The molecule has 0 atom stereocenters. The third kappa shape index (κ3) is 2.66. The van der Waals surface area contributed by atoms with E-state index in [4.69, 9.17) is 4.74 Å². The molecule has 1 nitrogen and oxygen atoms in total. The van der Waals surface area contributed by atoms with Crippen LogP contribution in [-0.2, 0) is 0 Å². The monoisotopic (exact) mass is 230 g/mol. The second-order valence-electron chi connectivity index (χ2n) is 2.41. The first kappa shape index (κ1) is 9.26. The molecule has 1 aromatic rings. The maximum Gasteiger partial charge on any atom is 0.130 e. The van der Waals surface area contributed by atoms with Gasteiger partial charge in [0.05, 0.1) is 5.76 Å². The fourth-order valence-corrected chi connectivity index (χ4v) is 1.23. The Kier molecular flexibility index (Phi) is 2.87. The van der Waals surface area contributed by atoms with E-state index < -0.39 is 0 Å². The number of hydrogen-bond donors (Lipinski definition) is 0. The number of rotatable bonds is 2. The highest BCUT2D eigenvalue weighted by molar-refractivity contribution is 9.10. The SMILES string of the molecule is C=C(C)Oc1cc(F)cc(Br)c1. The van der Waals surface area contributed by atoms with Gasteiger partial charge in [0.2, 0.25) is 0 Å². The highest BCUT2D eigenvalue weighted by Crippen LogP contribution is 2.21. The molecule has 0 aliphatic rings. The molecule has 0 spiro atoms. The van der Waals surface area contributed by atoms with Crippen LogP contribution in [0.2, 0.25) is 0 Å². The van der Waals surface area contributed by atoms with Gasteiger partial charge in [0.25, 0.3) is 0 Å². The molecule has 0 saturated carbocycles. The molecule has 3 heteroatoms. The van der Waals surface area contributed by atoms with Gasteiger partial charge >= 0.3 is 0 Å². The van der Waals surface area contributed by atoms with Crippen LogP contribution in [0, 0.1) is 5.82 Å². The van der Waals surface area contributed by atoms with Crippen molar-refractivity contribution in [2.24, 2.45) is 0 Å². The van der Waals surface area contributed by atoms with Gasteiger partial charge in [-0.2, -0.15) is 0 Å². The van der Waals surface area contributed by atoms with Crippen molar-refractivity contribution in [3.8, 4) is 5.75 Å².